The molecule has 0 radical (unpaired) electrons. The molecule has 0 aromatic carbocycles. The molecular weight excluding hydrogens is 239 g/mol. The summed E-state index contributed by atoms with van der Waals surface area (Å²) in [6.45, 7) is 13.3. The summed E-state index contributed by atoms with van der Waals surface area (Å²) in [5.74, 6) is 0. The highest BCUT2D eigenvalue weighted by Gasteiger charge is 2.24. The third-order valence-corrected chi connectivity index (χ3v) is 5.32. The number of allylic oxidation sites excluding steroid dienone is 1. The van der Waals surface area contributed by atoms with E-state index < -0.39 is 15.7 Å². The van der Waals surface area contributed by atoms with Gasteiger partial charge in [-0.15, -0.1) is 0 Å². The summed E-state index contributed by atoms with van der Waals surface area (Å²) in [7, 11) is -4.17. The molecule has 0 unspecified atom stereocenters. The van der Waals surface area contributed by atoms with E-state index in [-0.39, 0.29) is 0 Å². The first-order chi connectivity index (χ1) is 7.22. The Bertz CT molecular complexity index is 271. The van der Waals surface area contributed by atoms with Gasteiger partial charge in [0.25, 0.3) is 0 Å². The summed E-state index contributed by atoms with van der Waals surface area (Å²) < 4.78 is 22.8. The van der Waals surface area contributed by atoms with Gasteiger partial charge >= 0.3 is 7.60 Å². The minimum absolute atomic E-state index is 0.416. The molecule has 0 aliphatic rings. The maximum Gasteiger partial charge on any atom is 0.334 e. The van der Waals surface area contributed by atoms with Crippen molar-refractivity contribution in [2.45, 2.75) is 40.4 Å². The molecule has 0 amide bonds. The Morgan fingerprint density at radius 1 is 1.19 bits per heavy atom. The molecule has 5 heteroatoms. The molecule has 0 bridgehead atoms. The van der Waals surface area contributed by atoms with Crippen molar-refractivity contribution in [2.75, 3.05) is 19.4 Å². The van der Waals surface area contributed by atoms with Crippen LogP contribution in [0.15, 0.2) is 11.3 Å². The zero-order valence-electron chi connectivity index (χ0n) is 11.4. The van der Waals surface area contributed by atoms with Gasteiger partial charge in [0.05, 0.1) is 27.4 Å². The molecule has 0 aliphatic carbocycles. The lowest BCUT2D eigenvalue weighted by Gasteiger charge is -2.19. The van der Waals surface area contributed by atoms with Crippen molar-refractivity contribution >= 4 is 15.7 Å². The Morgan fingerprint density at radius 2 is 1.62 bits per heavy atom. The topological polar surface area (TPSA) is 35.5 Å². The highest BCUT2D eigenvalue weighted by molar-refractivity contribution is 7.54. The van der Waals surface area contributed by atoms with Crippen LogP contribution in [0.2, 0.25) is 19.6 Å². The fourth-order valence-corrected chi connectivity index (χ4v) is 5.11. The van der Waals surface area contributed by atoms with Crippen LogP contribution in [0.3, 0.4) is 0 Å². The molecule has 0 fully saturated rings. The molecule has 0 atom stereocenters. The van der Waals surface area contributed by atoms with E-state index in [1.54, 1.807) is 0 Å². The van der Waals surface area contributed by atoms with E-state index >= 15 is 0 Å². The predicted molar refractivity (Wildman–Crippen MR) is 72.8 cm³/mol. The lowest BCUT2D eigenvalue weighted by Crippen LogP contribution is -2.17. The van der Waals surface area contributed by atoms with Crippen molar-refractivity contribution in [3.63, 3.8) is 0 Å². The summed E-state index contributed by atoms with van der Waals surface area (Å²) in [6, 6.07) is 0. The van der Waals surface area contributed by atoms with Gasteiger partial charge in [0.1, 0.15) is 0 Å². The fourth-order valence-electron chi connectivity index (χ4n) is 1.61. The standard InChI is InChI=1S/C11H25O3PSi/c1-7-13-15(12,14-8-2)9-11(3)10-16(4,5)6/h10H,7-9H2,1-6H3/b11-10+. The minimum atomic E-state index is -2.91. The van der Waals surface area contributed by atoms with Crippen molar-refractivity contribution in [1.29, 1.82) is 0 Å². The number of hydrogen-bond acceptors (Lipinski definition) is 3. The third-order valence-electron chi connectivity index (χ3n) is 1.77. The Kier molecular flexibility index (Phi) is 6.79. The molecule has 0 aromatic rings. The van der Waals surface area contributed by atoms with E-state index in [0.29, 0.717) is 19.4 Å². The summed E-state index contributed by atoms with van der Waals surface area (Å²) in [5, 5.41) is 0. The zero-order chi connectivity index (χ0) is 12.8. The Labute approximate surface area is 101 Å². The van der Waals surface area contributed by atoms with E-state index in [9.17, 15) is 4.57 Å². The van der Waals surface area contributed by atoms with Crippen molar-refractivity contribution in [3.05, 3.63) is 11.3 Å². The lowest BCUT2D eigenvalue weighted by atomic mass is 10.4. The van der Waals surface area contributed by atoms with Gasteiger partial charge in [-0.2, -0.15) is 0 Å². The molecule has 0 aliphatic heterocycles. The molecule has 96 valence electrons. The van der Waals surface area contributed by atoms with Gasteiger partial charge in [-0.25, -0.2) is 0 Å². The molecule has 0 heterocycles. The summed E-state index contributed by atoms with van der Waals surface area (Å²) >= 11 is 0. The second-order valence-corrected chi connectivity index (χ2v) is 12.0. The second-order valence-electron chi connectivity index (χ2n) is 4.96. The average molecular weight is 264 g/mol. The van der Waals surface area contributed by atoms with Crippen LogP contribution in [0.25, 0.3) is 0 Å². The molecular formula is C11H25O3PSi. The maximum absolute atomic E-state index is 12.2. The van der Waals surface area contributed by atoms with Crippen molar-refractivity contribution in [3.8, 4) is 0 Å². The van der Waals surface area contributed by atoms with Crippen molar-refractivity contribution in [1.82, 2.24) is 0 Å². The quantitative estimate of drug-likeness (QED) is 0.513. The largest absolute Gasteiger partial charge is 0.334 e. The van der Waals surface area contributed by atoms with Crippen LogP contribution < -0.4 is 0 Å². The summed E-state index contributed by atoms with van der Waals surface area (Å²) in [6.07, 6.45) is 0.416. The maximum atomic E-state index is 12.2. The molecule has 16 heavy (non-hydrogen) atoms. The van der Waals surface area contributed by atoms with E-state index in [1.807, 2.05) is 20.8 Å². The second kappa shape index (κ2) is 6.75. The van der Waals surface area contributed by atoms with Crippen LogP contribution in [-0.4, -0.2) is 27.4 Å². The SMILES string of the molecule is CCOP(=O)(C/C(C)=C/[Si](C)(C)C)OCC. The summed E-state index contributed by atoms with van der Waals surface area (Å²) in [5.41, 5.74) is 3.36. The average Bonchev–Trinajstić information content (AvgIpc) is 1.99. The van der Waals surface area contributed by atoms with Crippen LogP contribution in [0, 0.1) is 0 Å². The summed E-state index contributed by atoms with van der Waals surface area (Å²) in [4.78, 5) is 0. The van der Waals surface area contributed by atoms with Gasteiger partial charge in [-0.1, -0.05) is 30.9 Å². The smallest absolute Gasteiger partial charge is 0.309 e. The van der Waals surface area contributed by atoms with Gasteiger partial charge in [0.2, 0.25) is 0 Å². The predicted octanol–water partition coefficient (Wildman–Crippen LogP) is 4.08. The molecule has 0 saturated heterocycles. The molecule has 0 aromatic heterocycles. The zero-order valence-corrected chi connectivity index (χ0v) is 13.3. The van der Waals surface area contributed by atoms with Crippen LogP contribution in [0.1, 0.15) is 20.8 Å². The first-order valence-electron chi connectivity index (χ1n) is 5.79. The molecule has 0 spiro atoms. The van der Waals surface area contributed by atoms with Gasteiger partial charge < -0.3 is 9.05 Å². The molecule has 0 rings (SSSR count). The first kappa shape index (κ1) is 16.1. The Balaban J connectivity index is 4.64. The Morgan fingerprint density at radius 3 is 1.94 bits per heavy atom. The van der Waals surface area contributed by atoms with Crippen molar-refractivity contribution < 1.29 is 13.6 Å². The first-order valence-corrected chi connectivity index (χ1v) is 11.1. The van der Waals surface area contributed by atoms with E-state index in [2.05, 4.69) is 25.3 Å². The third kappa shape index (κ3) is 7.39. The lowest BCUT2D eigenvalue weighted by molar-refractivity contribution is 0.222. The minimum Gasteiger partial charge on any atom is -0.309 e. The highest BCUT2D eigenvalue weighted by atomic mass is 31.2. The Hall–Kier alpha value is 0.107. The monoisotopic (exact) mass is 264 g/mol. The number of hydrogen-bond donors (Lipinski definition) is 0. The molecule has 0 N–H and O–H groups in total. The van der Waals surface area contributed by atoms with Gasteiger partial charge in [-0.3, -0.25) is 4.57 Å². The molecule has 3 nitrogen and oxygen atoms in total. The number of rotatable bonds is 7. The van der Waals surface area contributed by atoms with E-state index in [4.69, 9.17) is 9.05 Å². The fraction of sp³-hybridized carbons (Fsp3) is 0.818. The molecule has 0 saturated carbocycles. The van der Waals surface area contributed by atoms with Crippen molar-refractivity contribution in [2.24, 2.45) is 0 Å². The van der Waals surface area contributed by atoms with E-state index in [1.165, 1.54) is 0 Å². The van der Waals surface area contributed by atoms with E-state index in [0.717, 1.165) is 5.57 Å². The van der Waals surface area contributed by atoms with Gasteiger partial charge in [-0.05, 0) is 20.8 Å². The van der Waals surface area contributed by atoms with Crippen LogP contribution >= 0.6 is 7.60 Å². The highest BCUT2D eigenvalue weighted by Crippen LogP contribution is 2.49. The van der Waals surface area contributed by atoms with Crippen LogP contribution in [-0.2, 0) is 13.6 Å². The normalized spacial score (nSPS) is 14.2. The van der Waals surface area contributed by atoms with Gasteiger partial charge in [0, 0.05) is 0 Å². The van der Waals surface area contributed by atoms with Gasteiger partial charge in [0.15, 0.2) is 0 Å². The van der Waals surface area contributed by atoms with Crippen LogP contribution in [0.4, 0.5) is 0 Å². The van der Waals surface area contributed by atoms with Crippen LogP contribution in [0.5, 0.6) is 0 Å².